The van der Waals surface area contributed by atoms with Crippen LogP contribution in [0.1, 0.15) is 20.7 Å². The van der Waals surface area contributed by atoms with Gasteiger partial charge in [-0.25, -0.2) is 4.79 Å². The first-order valence-electron chi connectivity index (χ1n) is 11.0. The fourth-order valence-corrected chi connectivity index (χ4v) is 3.68. The molecule has 4 aromatic rings. The summed E-state index contributed by atoms with van der Waals surface area (Å²) >= 11 is 0. The Balaban J connectivity index is 1.52. The molecule has 0 spiro atoms. The first-order valence-corrected chi connectivity index (χ1v) is 11.0. The van der Waals surface area contributed by atoms with Gasteiger partial charge >= 0.3 is 5.97 Å². The van der Waals surface area contributed by atoms with Gasteiger partial charge in [-0.3, -0.25) is 4.79 Å². The molecule has 0 radical (unpaired) electrons. The van der Waals surface area contributed by atoms with E-state index in [4.69, 9.17) is 4.84 Å². The Hall–Kier alpha value is -4.38. The number of anilines is 1. The van der Waals surface area contributed by atoms with Gasteiger partial charge in [-0.2, -0.15) is 5.06 Å². The SMILES string of the molecule is CN(OC(=O)c1ccccc1-c1ccc(-c2ccccc2)cc1)C(=O)c1ccc(N(C)C)cc1. The van der Waals surface area contributed by atoms with Gasteiger partial charge in [0.15, 0.2) is 0 Å². The molecule has 4 aromatic carbocycles. The van der Waals surface area contributed by atoms with E-state index in [0.29, 0.717) is 11.1 Å². The smallest absolute Gasteiger partial charge is 0.363 e. The maximum atomic E-state index is 13.0. The predicted molar refractivity (Wildman–Crippen MR) is 136 cm³/mol. The fourth-order valence-electron chi connectivity index (χ4n) is 3.68. The summed E-state index contributed by atoms with van der Waals surface area (Å²) in [4.78, 5) is 33.1. The molecule has 5 nitrogen and oxygen atoms in total. The Bertz CT molecular complexity index is 1280. The second-order valence-electron chi connectivity index (χ2n) is 8.11. The monoisotopic (exact) mass is 450 g/mol. The highest BCUT2D eigenvalue weighted by molar-refractivity contribution is 5.99. The molecular formula is C29H26N2O3. The van der Waals surface area contributed by atoms with Crippen molar-refractivity contribution in [3.8, 4) is 22.3 Å². The first-order chi connectivity index (χ1) is 16.4. The number of rotatable bonds is 5. The second-order valence-corrected chi connectivity index (χ2v) is 8.11. The zero-order chi connectivity index (χ0) is 24.1. The molecule has 0 aliphatic heterocycles. The minimum atomic E-state index is -0.594. The van der Waals surface area contributed by atoms with E-state index in [2.05, 4.69) is 12.1 Å². The van der Waals surface area contributed by atoms with E-state index in [1.54, 1.807) is 24.3 Å². The van der Waals surface area contributed by atoms with Crippen LogP contribution in [0.3, 0.4) is 0 Å². The summed E-state index contributed by atoms with van der Waals surface area (Å²) < 4.78 is 0. The largest absolute Gasteiger partial charge is 0.378 e. The average Bonchev–Trinajstić information content (AvgIpc) is 2.89. The first kappa shape index (κ1) is 22.8. The number of hydrogen-bond acceptors (Lipinski definition) is 4. The molecule has 170 valence electrons. The van der Waals surface area contributed by atoms with Gasteiger partial charge in [-0.1, -0.05) is 72.8 Å². The van der Waals surface area contributed by atoms with Crippen LogP contribution in [0.25, 0.3) is 22.3 Å². The summed E-state index contributed by atoms with van der Waals surface area (Å²) in [6, 6.07) is 32.5. The lowest BCUT2D eigenvalue weighted by atomic mass is 9.97. The third kappa shape index (κ3) is 4.99. The number of carbonyl (C=O) groups is 2. The lowest BCUT2D eigenvalue weighted by Crippen LogP contribution is -2.30. The van der Waals surface area contributed by atoms with Gasteiger partial charge in [-0.05, 0) is 52.6 Å². The molecule has 0 saturated carbocycles. The number of hydrogen-bond donors (Lipinski definition) is 0. The zero-order valence-corrected chi connectivity index (χ0v) is 19.4. The van der Waals surface area contributed by atoms with Crippen molar-refractivity contribution < 1.29 is 14.4 Å². The molecule has 1 amide bonds. The highest BCUT2D eigenvalue weighted by atomic mass is 16.7. The molecule has 34 heavy (non-hydrogen) atoms. The van der Waals surface area contributed by atoms with E-state index in [0.717, 1.165) is 33.0 Å². The van der Waals surface area contributed by atoms with Crippen LogP contribution in [0.2, 0.25) is 0 Å². The van der Waals surface area contributed by atoms with E-state index in [1.807, 2.05) is 85.7 Å². The van der Waals surface area contributed by atoms with E-state index in [9.17, 15) is 9.59 Å². The fraction of sp³-hybridized carbons (Fsp3) is 0.103. The summed E-state index contributed by atoms with van der Waals surface area (Å²) in [6.45, 7) is 0. The lowest BCUT2D eigenvalue weighted by Gasteiger charge is -2.18. The molecule has 0 fully saturated rings. The Morgan fingerprint density at radius 2 is 1.18 bits per heavy atom. The Morgan fingerprint density at radius 1 is 0.618 bits per heavy atom. The van der Waals surface area contributed by atoms with Crippen LogP contribution in [-0.4, -0.2) is 38.1 Å². The van der Waals surface area contributed by atoms with E-state index in [-0.39, 0.29) is 0 Å². The number of nitrogens with zero attached hydrogens (tertiary/aromatic N) is 2. The van der Waals surface area contributed by atoms with Crippen molar-refractivity contribution in [1.82, 2.24) is 5.06 Å². The highest BCUT2D eigenvalue weighted by Gasteiger charge is 2.20. The Kier molecular flexibility index (Phi) is 6.74. The molecule has 4 rings (SSSR count). The van der Waals surface area contributed by atoms with Gasteiger partial charge in [0.2, 0.25) is 0 Å². The van der Waals surface area contributed by atoms with Crippen LogP contribution in [0.4, 0.5) is 5.69 Å². The molecule has 0 aromatic heterocycles. The van der Waals surface area contributed by atoms with E-state index < -0.39 is 11.9 Å². The average molecular weight is 451 g/mol. The molecule has 0 aliphatic carbocycles. The zero-order valence-electron chi connectivity index (χ0n) is 19.4. The van der Waals surface area contributed by atoms with Gasteiger partial charge < -0.3 is 9.74 Å². The van der Waals surface area contributed by atoms with Crippen molar-refractivity contribution >= 4 is 17.6 Å². The van der Waals surface area contributed by atoms with Crippen LogP contribution in [-0.2, 0) is 4.84 Å². The van der Waals surface area contributed by atoms with Crippen LogP contribution >= 0.6 is 0 Å². The topological polar surface area (TPSA) is 49.9 Å². The van der Waals surface area contributed by atoms with Crippen molar-refractivity contribution in [2.45, 2.75) is 0 Å². The molecule has 0 unspecified atom stereocenters. The van der Waals surface area contributed by atoms with E-state index >= 15 is 0 Å². The molecule has 0 aliphatic rings. The molecule has 0 heterocycles. The van der Waals surface area contributed by atoms with Crippen molar-refractivity contribution in [1.29, 1.82) is 0 Å². The van der Waals surface area contributed by atoms with Crippen LogP contribution in [0.15, 0.2) is 103 Å². The quantitative estimate of drug-likeness (QED) is 0.354. The molecule has 0 atom stereocenters. The summed E-state index contributed by atoms with van der Waals surface area (Å²) in [7, 11) is 5.30. The van der Waals surface area contributed by atoms with Gasteiger partial charge in [0.05, 0.1) is 5.56 Å². The van der Waals surface area contributed by atoms with Crippen LogP contribution < -0.4 is 4.90 Å². The van der Waals surface area contributed by atoms with Gasteiger partial charge in [0, 0.05) is 32.4 Å². The van der Waals surface area contributed by atoms with Crippen LogP contribution in [0.5, 0.6) is 0 Å². The maximum absolute atomic E-state index is 13.0. The normalized spacial score (nSPS) is 10.4. The predicted octanol–water partition coefficient (Wildman–Crippen LogP) is 5.93. The van der Waals surface area contributed by atoms with Gasteiger partial charge in [0.25, 0.3) is 5.91 Å². The van der Waals surface area contributed by atoms with Gasteiger partial charge in [-0.15, -0.1) is 0 Å². The Morgan fingerprint density at radius 3 is 1.82 bits per heavy atom. The second kappa shape index (κ2) is 10.0. The van der Waals surface area contributed by atoms with Crippen molar-refractivity contribution in [2.24, 2.45) is 0 Å². The number of hydroxylamine groups is 2. The van der Waals surface area contributed by atoms with Crippen molar-refractivity contribution in [3.05, 3.63) is 114 Å². The number of amides is 1. The number of carbonyl (C=O) groups excluding carboxylic acids is 2. The summed E-state index contributed by atoms with van der Waals surface area (Å²) in [5.41, 5.74) is 5.64. The molecule has 0 saturated heterocycles. The van der Waals surface area contributed by atoms with E-state index in [1.165, 1.54) is 7.05 Å². The standard InChI is InChI=1S/C29H26N2O3/c1-30(2)25-19-17-24(18-20-25)28(32)31(3)34-29(33)27-12-8-7-11-26(27)23-15-13-22(14-16-23)21-9-5-4-6-10-21/h4-20H,1-3H3. The van der Waals surface area contributed by atoms with Crippen molar-refractivity contribution in [3.63, 3.8) is 0 Å². The highest BCUT2D eigenvalue weighted by Crippen LogP contribution is 2.28. The third-order valence-electron chi connectivity index (χ3n) is 5.59. The number of benzene rings is 4. The minimum absolute atomic E-state index is 0.387. The van der Waals surface area contributed by atoms with Gasteiger partial charge in [0.1, 0.15) is 0 Å². The summed E-state index contributed by atoms with van der Waals surface area (Å²) in [6.07, 6.45) is 0. The molecule has 0 N–H and O–H groups in total. The molecule has 5 heteroatoms. The maximum Gasteiger partial charge on any atom is 0.363 e. The summed E-state index contributed by atoms with van der Waals surface area (Å²) in [5.74, 6) is -0.994. The lowest BCUT2D eigenvalue weighted by molar-refractivity contribution is -0.0657. The Labute approximate surface area is 199 Å². The molecule has 0 bridgehead atoms. The minimum Gasteiger partial charge on any atom is -0.378 e. The summed E-state index contributed by atoms with van der Waals surface area (Å²) in [5, 5.41) is 0.974. The molecular weight excluding hydrogens is 424 g/mol. The third-order valence-corrected chi connectivity index (χ3v) is 5.59. The van der Waals surface area contributed by atoms with Crippen molar-refractivity contribution in [2.75, 3.05) is 26.0 Å². The van der Waals surface area contributed by atoms with Crippen LogP contribution in [0, 0.1) is 0 Å².